The monoisotopic (exact) mass is 165 g/mol. The molecule has 1 heterocycles. The maximum absolute atomic E-state index is 3.66. The third-order valence-electron chi connectivity index (χ3n) is 3.15. The predicted molar refractivity (Wildman–Crippen MR) is 52.2 cm³/mol. The van der Waals surface area contributed by atoms with E-state index in [4.69, 9.17) is 0 Å². The molecule has 1 fully saturated rings. The van der Waals surface area contributed by atoms with Crippen LogP contribution in [0.2, 0.25) is 0 Å². The molecule has 0 aromatic rings. The Labute approximate surface area is 75.2 Å². The Bertz CT molecular complexity index is 183. The van der Waals surface area contributed by atoms with Crippen molar-refractivity contribution in [2.45, 2.75) is 57.5 Å². The van der Waals surface area contributed by atoms with Gasteiger partial charge in [0.2, 0.25) is 0 Å². The first-order valence-corrected chi connectivity index (χ1v) is 5.31. The van der Waals surface area contributed by atoms with Crippen LogP contribution in [-0.2, 0) is 0 Å². The Morgan fingerprint density at radius 1 is 1.33 bits per heavy atom. The summed E-state index contributed by atoms with van der Waals surface area (Å²) in [5.74, 6) is 0. The van der Waals surface area contributed by atoms with E-state index in [2.05, 4.69) is 18.3 Å². The second kappa shape index (κ2) is 3.61. The predicted octanol–water partition coefficient (Wildman–Crippen LogP) is 2.63. The van der Waals surface area contributed by atoms with E-state index in [0.717, 1.165) is 12.1 Å². The molecule has 0 aromatic heterocycles. The van der Waals surface area contributed by atoms with Crippen LogP contribution in [0.15, 0.2) is 11.6 Å². The zero-order valence-corrected chi connectivity index (χ0v) is 7.97. The van der Waals surface area contributed by atoms with E-state index < -0.39 is 0 Å². The molecule has 0 saturated carbocycles. The highest BCUT2D eigenvalue weighted by Crippen LogP contribution is 2.26. The Morgan fingerprint density at radius 2 is 2.25 bits per heavy atom. The molecule has 1 N–H and O–H groups in total. The van der Waals surface area contributed by atoms with Crippen LogP contribution in [0.1, 0.15) is 45.4 Å². The lowest BCUT2D eigenvalue weighted by molar-refractivity contribution is 0.569. The average Bonchev–Trinajstić information content (AvgIpc) is 2.54. The quantitative estimate of drug-likeness (QED) is 0.589. The summed E-state index contributed by atoms with van der Waals surface area (Å²) in [5.41, 5.74) is 1.70. The van der Waals surface area contributed by atoms with E-state index in [9.17, 15) is 0 Å². The molecule has 68 valence electrons. The molecule has 2 rings (SSSR count). The minimum atomic E-state index is 0.736. The maximum atomic E-state index is 3.66. The van der Waals surface area contributed by atoms with E-state index in [0.29, 0.717) is 0 Å². The standard InChI is InChI=1S/C11H19N/c1-9-7-8-11(12-9)10-5-3-2-4-6-10/h5,9,11-12H,2-4,6-8H2,1H3/t9-,11-/m0/s1. The molecule has 1 aliphatic heterocycles. The molecule has 0 unspecified atom stereocenters. The fraction of sp³-hybridized carbons (Fsp3) is 0.818. The third-order valence-corrected chi connectivity index (χ3v) is 3.15. The fourth-order valence-corrected chi connectivity index (χ4v) is 2.40. The highest BCUT2D eigenvalue weighted by atomic mass is 15.0. The molecule has 0 radical (unpaired) electrons. The number of nitrogens with one attached hydrogen (secondary N) is 1. The van der Waals surface area contributed by atoms with Crippen LogP contribution in [0, 0.1) is 0 Å². The first kappa shape index (κ1) is 8.31. The van der Waals surface area contributed by atoms with Crippen molar-refractivity contribution in [2.24, 2.45) is 0 Å². The highest BCUT2D eigenvalue weighted by molar-refractivity contribution is 5.15. The van der Waals surface area contributed by atoms with Gasteiger partial charge < -0.3 is 5.32 Å². The Balaban J connectivity index is 1.95. The molecule has 1 saturated heterocycles. The molecule has 1 aliphatic carbocycles. The van der Waals surface area contributed by atoms with Crippen molar-refractivity contribution in [1.29, 1.82) is 0 Å². The van der Waals surface area contributed by atoms with Gasteiger partial charge in [-0.15, -0.1) is 0 Å². The second-order valence-electron chi connectivity index (χ2n) is 4.22. The molecule has 0 aromatic carbocycles. The molecule has 1 heteroatoms. The van der Waals surface area contributed by atoms with Crippen LogP contribution in [0.5, 0.6) is 0 Å². The fourth-order valence-electron chi connectivity index (χ4n) is 2.40. The number of hydrogen-bond acceptors (Lipinski definition) is 1. The van der Waals surface area contributed by atoms with Crippen LogP contribution in [0.4, 0.5) is 0 Å². The van der Waals surface area contributed by atoms with Crippen LogP contribution < -0.4 is 5.32 Å². The molecular weight excluding hydrogens is 146 g/mol. The summed E-state index contributed by atoms with van der Waals surface area (Å²) in [5, 5.41) is 3.66. The zero-order chi connectivity index (χ0) is 8.39. The van der Waals surface area contributed by atoms with Crippen molar-refractivity contribution in [1.82, 2.24) is 5.32 Å². The van der Waals surface area contributed by atoms with Crippen LogP contribution >= 0.6 is 0 Å². The van der Waals surface area contributed by atoms with Gasteiger partial charge in [0.1, 0.15) is 0 Å². The summed E-state index contributed by atoms with van der Waals surface area (Å²) in [7, 11) is 0. The van der Waals surface area contributed by atoms with E-state index in [1.165, 1.54) is 38.5 Å². The normalized spacial score (nSPS) is 36.6. The van der Waals surface area contributed by atoms with E-state index in [1.807, 2.05) is 0 Å². The molecule has 0 spiro atoms. The van der Waals surface area contributed by atoms with Gasteiger partial charge in [0.25, 0.3) is 0 Å². The van der Waals surface area contributed by atoms with Gasteiger partial charge in [0.15, 0.2) is 0 Å². The molecule has 0 amide bonds. The number of allylic oxidation sites excluding steroid dienone is 1. The summed E-state index contributed by atoms with van der Waals surface area (Å²) in [4.78, 5) is 0. The molecule has 0 bridgehead atoms. The van der Waals surface area contributed by atoms with Crippen molar-refractivity contribution in [3.63, 3.8) is 0 Å². The Kier molecular flexibility index (Phi) is 2.50. The molecule has 2 aliphatic rings. The molecule has 1 nitrogen and oxygen atoms in total. The van der Waals surface area contributed by atoms with Gasteiger partial charge >= 0.3 is 0 Å². The first-order valence-electron chi connectivity index (χ1n) is 5.31. The third kappa shape index (κ3) is 1.71. The maximum Gasteiger partial charge on any atom is 0.0282 e. The van der Waals surface area contributed by atoms with Gasteiger partial charge in [0.05, 0.1) is 0 Å². The number of hydrogen-bond donors (Lipinski definition) is 1. The number of rotatable bonds is 1. The average molecular weight is 165 g/mol. The van der Waals surface area contributed by atoms with Crippen molar-refractivity contribution < 1.29 is 0 Å². The van der Waals surface area contributed by atoms with Crippen molar-refractivity contribution in [3.05, 3.63) is 11.6 Å². The SMILES string of the molecule is C[C@H]1CC[C@@H](C2=CCCCC2)N1. The van der Waals surface area contributed by atoms with Gasteiger partial charge in [-0.2, -0.15) is 0 Å². The topological polar surface area (TPSA) is 12.0 Å². The lowest BCUT2D eigenvalue weighted by Gasteiger charge is -2.19. The second-order valence-corrected chi connectivity index (χ2v) is 4.22. The van der Waals surface area contributed by atoms with E-state index >= 15 is 0 Å². The summed E-state index contributed by atoms with van der Waals surface area (Å²) in [6.45, 7) is 2.30. The van der Waals surface area contributed by atoms with Crippen molar-refractivity contribution in [2.75, 3.05) is 0 Å². The molecule has 2 atom stereocenters. The highest BCUT2D eigenvalue weighted by Gasteiger charge is 2.23. The van der Waals surface area contributed by atoms with Gasteiger partial charge in [-0.1, -0.05) is 11.6 Å². The van der Waals surface area contributed by atoms with Gasteiger partial charge in [-0.3, -0.25) is 0 Å². The van der Waals surface area contributed by atoms with Crippen LogP contribution in [0.25, 0.3) is 0 Å². The molecular formula is C11H19N. The van der Waals surface area contributed by atoms with Crippen molar-refractivity contribution in [3.8, 4) is 0 Å². The molecule has 12 heavy (non-hydrogen) atoms. The van der Waals surface area contributed by atoms with Crippen molar-refractivity contribution >= 4 is 0 Å². The largest absolute Gasteiger partial charge is 0.308 e. The first-order chi connectivity index (χ1) is 5.86. The van der Waals surface area contributed by atoms with E-state index in [-0.39, 0.29) is 0 Å². The van der Waals surface area contributed by atoms with Crippen LogP contribution in [-0.4, -0.2) is 12.1 Å². The Hall–Kier alpha value is -0.300. The lowest BCUT2D eigenvalue weighted by Crippen LogP contribution is -2.29. The van der Waals surface area contributed by atoms with Gasteiger partial charge in [-0.25, -0.2) is 0 Å². The minimum absolute atomic E-state index is 0.736. The minimum Gasteiger partial charge on any atom is -0.308 e. The van der Waals surface area contributed by atoms with Crippen LogP contribution in [0.3, 0.4) is 0 Å². The summed E-state index contributed by atoms with van der Waals surface area (Å²) in [6.07, 6.45) is 10.7. The smallest absolute Gasteiger partial charge is 0.0282 e. The zero-order valence-electron chi connectivity index (χ0n) is 7.97. The Morgan fingerprint density at radius 3 is 2.83 bits per heavy atom. The summed E-state index contributed by atoms with van der Waals surface area (Å²) < 4.78 is 0. The lowest BCUT2D eigenvalue weighted by atomic mass is 9.93. The van der Waals surface area contributed by atoms with Gasteiger partial charge in [-0.05, 0) is 45.4 Å². The summed E-state index contributed by atoms with van der Waals surface area (Å²) >= 11 is 0. The summed E-state index contributed by atoms with van der Waals surface area (Å²) in [6, 6.07) is 1.48. The van der Waals surface area contributed by atoms with Gasteiger partial charge in [0, 0.05) is 12.1 Å². The van der Waals surface area contributed by atoms with E-state index in [1.54, 1.807) is 5.57 Å².